The maximum Gasteiger partial charge on any atom is 0.349 e. The predicted molar refractivity (Wildman–Crippen MR) is 170 cm³/mol. The smallest absolute Gasteiger partial charge is 0.349 e. The summed E-state index contributed by atoms with van der Waals surface area (Å²) >= 11 is 5.85. The normalized spacial score (nSPS) is 11.7. The van der Waals surface area contributed by atoms with E-state index >= 15 is 0 Å². The number of aliphatic carboxylic acids is 1. The van der Waals surface area contributed by atoms with Gasteiger partial charge in [0.2, 0.25) is 12.2 Å². The molecule has 4 N–H and O–H groups in total. The summed E-state index contributed by atoms with van der Waals surface area (Å²) in [6, 6.07) is 24.1. The van der Waals surface area contributed by atoms with Crippen LogP contribution in [0.2, 0.25) is 5.02 Å². The van der Waals surface area contributed by atoms with Crippen molar-refractivity contribution in [2.75, 3.05) is 5.32 Å². The number of rotatable bonds is 10. The minimum Gasteiger partial charge on any atom is -0.478 e. The summed E-state index contributed by atoms with van der Waals surface area (Å²) in [6.45, 7) is 3.42. The number of ether oxygens (including phenoxy) is 2. The lowest BCUT2D eigenvalue weighted by Crippen LogP contribution is -2.54. The lowest BCUT2D eigenvalue weighted by atomic mass is 10.1. The third-order valence-electron chi connectivity index (χ3n) is 6.56. The van der Waals surface area contributed by atoms with Crippen LogP contribution in [0.1, 0.15) is 52.6 Å². The second kappa shape index (κ2) is 15.3. The second-order valence-corrected chi connectivity index (χ2v) is 10.6. The largest absolute Gasteiger partial charge is 0.478 e. The zero-order valence-corrected chi connectivity index (χ0v) is 25.7. The van der Waals surface area contributed by atoms with Crippen LogP contribution in [0.25, 0.3) is 0 Å². The number of hydrazine groups is 1. The molecule has 4 aromatic rings. The standard InChI is InChI=1S/C34H28ClN3O9/c1-19-5-3-7-23(17-19)33(44)46-27(28(32(42)43)47-34(45)24-8-4-6-20(2)18-24)31(41)38-37-30(40)22-11-15-26(16-12-22)36-29(39)21-9-13-25(35)14-10-21/h3-18,27-28H,1-2H3,(H,36,39)(H,37,40)(H,38,41)(H,42,43)/t27-,28-/m0/s1. The number of hydrogen-bond acceptors (Lipinski definition) is 8. The van der Waals surface area contributed by atoms with E-state index < -0.39 is 47.8 Å². The van der Waals surface area contributed by atoms with Gasteiger partial charge in [-0.1, -0.05) is 47.0 Å². The molecule has 0 saturated carbocycles. The van der Waals surface area contributed by atoms with Gasteiger partial charge in [0.25, 0.3) is 17.7 Å². The molecule has 0 aliphatic heterocycles. The molecule has 0 aliphatic carbocycles. The molecule has 4 rings (SSSR count). The minimum absolute atomic E-state index is 0.00141. The van der Waals surface area contributed by atoms with E-state index in [4.69, 9.17) is 21.1 Å². The highest BCUT2D eigenvalue weighted by molar-refractivity contribution is 6.30. The van der Waals surface area contributed by atoms with Crippen LogP contribution in [0.15, 0.2) is 97.1 Å². The number of carboxylic acid groups (broad SMARTS) is 1. The van der Waals surface area contributed by atoms with Crippen LogP contribution >= 0.6 is 11.6 Å². The van der Waals surface area contributed by atoms with Gasteiger partial charge in [-0.25, -0.2) is 14.4 Å². The molecular formula is C34H28ClN3O9. The van der Waals surface area contributed by atoms with Gasteiger partial charge in [0.1, 0.15) is 0 Å². The monoisotopic (exact) mass is 657 g/mol. The third kappa shape index (κ3) is 9.25. The van der Waals surface area contributed by atoms with Gasteiger partial charge in [-0.05, 0) is 86.6 Å². The molecule has 0 aliphatic rings. The average Bonchev–Trinajstić information content (AvgIpc) is 3.05. The van der Waals surface area contributed by atoms with Crippen LogP contribution in [0.5, 0.6) is 0 Å². The van der Waals surface area contributed by atoms with E-state index in [9.17, 15) is 33.9 Å². The summed E-state index contributed by atoms with van der Waals surface area (Å²) in [5, 5.41) is 13.1. The highest BCUT2D eigenvalue weighted by Gasteiger charge is 2.41. The first-order valence-electron chi connectivity index (χ1n) is 14.0. The van der Waals surface area contributed by atoms with Crippen LogP contribution in [-0.2, 0) is 19.1 Å². The molecule has 0 unspecified atom stereocenters. The Balaban J connectivity index is 1.48. The molecule has 12 nitrogen and oxygen atoms in total. The summed E-state index contributed by atoms with van der Waals surface area (Å²) in [4.78, 5) is 76.5. The summed E-state index contributed by atoms with van der Waals surface area (Å²) in [6.07, 6.45) is -4.52. The van der Waals surface area contributed by atoms with Gasteiger partial charge in [0.05, 0.1) is 11.1 Å². The van der Waals surface area contributed by atoms with E-state index in [1.807, 2.05) is 5.43 Å². The number of carbonyl (C=O) groups is 6. The van der Waals surface area contributed by atoms with Gasteiger partial charge in [-0.3, -0.25) is 25.2 Å². The van der Waals surface area contributed by atoms with Crippen LogP contribution in [0, 0.1) is 13.8 Å². The first-order chi connectivity index (χ1) is 22.4. The quantitative estimate of drug-likeness (QED) is 0.141. The lowest BCUT2D eigenvalue weighted by Gasteiger charge is -2.23. The Morgan fingerprint density at radius 3 is 1.62 bits per heavy atom. The fourth-order valence-corrected chi connectivity index (χ4v) is 4.30. The number of aryl methyl sites for hydroxylation is 2. The number of benzene rings is 4. The second-order valence-electron chi connectivity index (χ2n) is 10.2. The van der Waals surface area contributed by atoms with Gasteiger partial charge in [-0.15, -0.1) is 0 Å². The Morgan fingerprint density at radius 2 is 1.11 bits per heavy atom. The topological polar surface area (TPSA) is 177 Å². The molecule has 0 aromatic heterocycles. The molecule has 0 bridgehead atoms. The highest BCUT2D eigenvalue weighted by atomic mass is 35.5. The lowest BCUT2D eigenvalue weighted by molar-refractivity contribution is -0.159. The number of esters is 2. The Labute approximate surface area is 273 Å². The highest BCUT2D eigenvalue weighted by Crippen LogP contribution is 2.16. The maximum absolute atomic E-state index is 13.2. The summed E-state index contributed by atoms with van der Waals surface area (Å²) < 4.78 is 10.4. The summed E-state index contributed by atoms with van der Waals surface area (Å²) in [5.41, 5.74) is 6.30. The van der Waals surface area contributed by atoms with E-state index in [1.165, 1.54) is 48.5 Å². The molecule has 0 heterocycles. The Morgan fingerprint density at radius 1 is 0.617 bits per heavy atom. The van der Waals surface area contributed by atoms with Crippen molar-refractivity contribution in [3.8, 4) is 0 Å². The third-order valence-corrected chi connectivity index (χ3v) is 6.81. The predicted octanol–water partition coefficient (Wildman–Crippen LogP) is 4.51. The van der Waals surface area contributed by atoms with E-state index in [0.717, 1.165) is 0 Å². The zero-order chi connectivity index (χ0) is 34.1. The SMILES string of the molecule is Cc1cccc(C(=O)O[C@H](C(=O)O)[C@H](OC(=O)c2cccc(C)c2)C(=O)NNC(=O)c2ccc(NC(=O)c3ccc(Cl)cc3)cc2)c1. The van der Waals surface area contributed by atoms with E-state index in [-0.39, 0.29) is 16.7 Å². The van der Waals surface area contributed by atoms with Gasteiger partial charge < -0.3 is 19.9 Å². The van der Waals surface area contributed by atoms with E-state index in [2.05, 4.69) is 10.7 Å². The molecule has 2 atom stereocenters. The van der Waals surface area contributed by atoms with Crippen molar-refractivity contribution in [2.45, 2.75) is 26.1 Å². The van der Waals surface area contributed by atoms with Crippen molar-refractivity contribution in [1.82, 2.24) is 10.9 Å². The molecule has 240 valence electrons. The fourth-order valence-electron chi connectivity index (χ4n) is 4.18. The Bertz CT molecular complexity index is 1830. The number of nitrogens with one attached hydrogen (secondary N) is 3. The zero-order valence-electron chi connectivity index (χ0n) is 25.0. The fraction of sp³-hybridized carbons (Fsp3) is 0.118. The number of anilines is 1. The van der Waals surface area contributed by atoms with Gasteiger partial charge >= 0.3 is 17.9 Å². The van der Waals surface area contributed by atoms with Gasteiger partial charge in [-0.2, -0.15) is 0 Å². The van der Waals surface area contributed by atoms with Crippen molar-refractivity contribution in [2.24, 2.45) is 0 Å². The molecule has 13 heteroatoms. The van der Waals surface area contributed by atoms with E-state index in [1.54, 1.807) is 62.4 Å². The van der Waals surface area contributed by atoms with Gasteiger partial charge in [0.15, 0.2) is 0 Å². The van der Waals surface area contributed by atoms with Crippen LogP contribution in [-0.4, -0.2) is 52.9 Å². The molecule has 0 radical (unpaired) electrons. The van der Waals surface area contributed by atoms with Crippen molar-refractivity contribution in [3.63, 3.8) is 0 Å². The molecule has 47 heavy (non-hydrogen) atoms. The number of halogens is 1. The van der Waals surface area contributed by atoms with Crippen molar-refractivity contribution in [1.29, 1.82) is 0 Å². The van der Waals surface area contributed by atoms with Crippen molar-refractivity contribution in [3.05, 3.63) is 135 Å². The molecule has 0 fully saturated rings. The summed E-state index contributed by atoms with van der Waals surface area (Å²) in [7, 11) is 0. The molecule has 3 amide bonds. The maximum atomic E-state index is 13.2. The van der Waals surface area contributed by atoms with Crippen LogP contribution in [0.4, 0.5) is 5.69 Å². The molecule has 0 saturated heterocycles. The number of amides is 3. The molecule has 0 spiro atoms. The average molecular weight is 658 g/mol. The van der Waals surface area contributed by atoms with Crippen LogP contribution < -0.4 is 16.2 Å². The number of carbonyl (C=O) groups excluding carboxylic acids is 5. The van der Waals surface area contributed by atoms with Crippen LogP contribution in [0.3, 0.4) is 0 Å². The first-order valence-corrected chi connectivity index (χ1v) is 14.3. The summed E-state index contributed by atoms with van der Waals surface area (Å²) in [5.74, 6) is -6.48. The minimum atomic E-state index is -2.29. The van der Waals surface area contributed by atoms with Gasteiger partial charge in [0, 0.05) is 21.8 Å². The number of hydrogen-bond donors (Lipinski definition) is 4. The van der Waals surface area contributed by atoms with Crippen molar-refractivity contribution < 1.29 is 43.3 Å². The van der Waals surface area contributed by atoms with E-state index in [0.29, 0.717) is 27.4 Å². The van der Waals surface area contributed by atoms with Crippen molar-refractivity contribution >= 4 is 52.9 Å². The first kappa shape index (κ1) is 33.9. The Kier molecular flexibility index (Phi) is 11.0. The molecule has 4 aromatic carbocycles. The number of carboxylic acids is 1. The molecular weight excluding hydrogens is 630 g/mol. The Hall–Kier alpha value is -6.01.